The van der Waals surface area contributed by atoms with Gasteiger partial charge in [0.25, 0.3) is 0 Å². The Labute approximate surface area is 379 Å². The van der Waals surface area contributed by atoms with Crippen molar-refractivity contribution in [3.05, 3.63) is 54.2 Å². The quantitative estimate of drug-likeness (QED) is 0.191. The smallest absolute Gasteiger partial charge is 0.398 e. The Bertz CT molecular complexity index is 1820. The lowest BCUT2D eigenvalue weighted by Crippen LogP contribution is -2.73. The zero-order valence-electron chi connectivity index (χ0n) is 41.6. The number of hydrogen-bond acceptors (Lipinski definition) is 4. The van der Waals surface area contributed by atoms with Crippen LogP contribution >= 0.6 is 0 Å². The van der Waals surface area contributed by atoms with Gasteiger partial charge in [0.1, 0.15) is 0 Å². The first-order chi connectivity index (χ1) is 29.5. The maximum atomic E-state index is 8.75. The Morgan fingerprint density at radius 2 is 0.903 bits per heavy atom. The van der Waals surface area contributed by atoms with Crippen molar-refractivity contribution in [2.75, 3.05) is 0 Å². The summed E-state index contributed by atoms with van der Waals surface area (Å²) in [6.45, 7) is 33.0. The van der Waals surface area contributed by atoms with Crippen molar-refractivity contribution < 1.29 is 9.31 Å². The summed E-state index contributed by atoms with van der Waals surface area (Å²) in [5, 5.41) is 1.12. The third-order valence-corrected chi connectivity index (χ3v) is 18.7. The van der Waals surface area contributed by atoms with Gasteiger partial charge in [-0.05, 0) is 165 Å². The summed E-state index contributed by atoms with van der Waals surface area (Å²) >= 11 is 0. The van der Waals surface area contributed by atoms with Crippen LogP contribution in [0.15, 0.2) is 48.5 Å². The second-order valence-electron chi connectivity index (χ2n) is 24.2. The lowest BCUT2D eigenvalue weighted by atomic mass is 9.42. The van der Waals surface area contributed by atoms with E-state index in [4.69, 9.17) is 19.3 Å². The van der Waals surface area contributed by atoms with Crippen molar-refractivity contribution in [3.63, 3.8) is 0 Å². The molecule has 4 nitrogen and oxygen atoms in total. The van der Waals surface area contributed by atoms with Gasteiger partial charge in [-0.2, -0.15) is 0 Å². The second-order valence-corrected chi connectivity index (χ2v) is 24.2. The molecular formula is C57H87BN2O2. The summed E-state index contributed by atoms with van der Waals surface area (Å²) in [6, 6.07) is 17.5. The molecule has 62 heavy (non-hydrogen) atoms. The fourth-order valence-corrected chi connectivity index (χ4v) is 15.7. The van der Waals surface area contributed by atoms with Crippen LogP contribution in [0.1, 0.15) is 166 Å². The zero-order valence-corrected chi connectivity index (χ0v) is 41.6. The first kappa shape index (κ1) is 46.3. The molecule has 5 heteroatoms. The predicted octanol–water partition coefficient (Wildman–Crippen LogP) is 14.7. The SMILES string of the molecule is Cc1nc(-c2ccccc2)nc2cc(B3OC(C4CC(C)CCC4C(C)C)(C4CC(C)CCC4C(C)C)C(C4CC(C)CCC4C(C)C)(C4CC(C)CCC4C(C)C)O3)ccc12. The van der Waals surface area contributed by atoms with E-state index in [0.29, 0.717) is 94.7 Å². The van der Waals surface area contributed by atoms with Crippen molar-refractivity contribution in [2.45, 2.75) is 178 Å². The molecule has 0 bridgehead atoms. The van der Waals surface area contributed by atoms with Crippen LogP contribution < -0.4 is 5.46 Å². The molecule has 0 spiro atoms. The normalized spacial score (nSPS) is 38.5. The van der Waals surface area contributed by atoms with Crippen LogP contribution in [0.4, 0.5) is 0 Å². The number of benzene rings is 2. The molecule has 340 valence electrons. The van der Waals surface area contributed by atoms with E-state index in [1.54, 1.807) is 0 Å². The molecular weight excluding hydrogens is 755 g/mol. The highest BCUT2D eigenvalue weighted by Crippen LogP contribution is 2.69. The van der Waals surface area contributed by atoms with Gasteiger partial charge >= 0.3 is 7.12 Å². The van der Waals surface area contributed by atoms with Crippen molar-refractivity contribution in [1.29, 1.82) is 0 Å². The van der Waals surface area contributed by atoms with Gasteiger partial charge < -0.3 is 9.31 Å². The second kappa shape index (κ2) is 18.6. The molecule has 2 aromatic carbocycles. The van der Waals surface area contributed by atoms with Crippen molar-refractivity contribution >= 4 is 23.5 Å². The third kappa shape index (κ3) is 8.30. The summed E-state index contributed by atoms with van der Waals surface area (Å²) < 4.78 is 17.5. The highest BCUT2D eigenvalue weighted by Gasteiger charge is 2.76. The molecule has 4 saturated carbocycles. The minimum Gasteiger partial charge on any atom is -0.398 e. The van der Waals surface area contributed by atoms with Gasteiger partial charge in [-0.15, -0.1) is 0 Å². The standard InChI is InChI=1S/C57H87BN2O2/c1-34(2)45-24-19-38(9)29-50(45)56(51-30-39(10)20-25-46(51)35(3)4)57(52-31-40(11)21-26-47(52)36(5)6,53-32-41(12)22-27-48(53)37(7)8)62-58(61-56)44-23-28-49-42(13)59-55(60-54(49)33-44)43-17-15-14-16-18-43/h14-18,23,28,33-41,45-48,50-53H,19-22,24-27,29-32H2,1-13H3. The Kier molecular flexibility index (Phi) is 13.9. The number of aromatic nitrogens is 2. The molecule has 0 amide bonds. The highest BCUT2D eigenvalue weighted by molar-refractivity contribution is 6.62. The van der Waals surface area contributed by atoms with Crippen LogP contribution in [0.3, 0.4) is 0 Å². The number of nitrogens with zero attached hydrogens (tertiary/aromatic N) is 2. The van der Waals surface area contributed by atoms with E-state index in [9.17, 15) is 0 Å². The topological polar surface area (TPSA) is 44.2 Å². The number of fused-ring (bicyclic) bond motifs is 1. The molecule has 4 aliphatic carbocycles. The van der Waals surface area contributed by atoms with E-state index in [0.717, 1.165) is 33.4 Å². The fraction of sp³-hybridized carbons (Fsp3) is 0.754. The van der Waals surface area contributed by atoms with Gasteiger partial charge in [-0.3, -0.25) is 0 Å². The average Bonchev–Trinajstić information content (AvgIpc) is 3.61. The monoisotopic (exact) mass is 843 g/mol. The number of hydrogen-bond donors (Lipinski definition) is 0. The van der Waals surface area contributed by atoms with Gasteiger partial charge in [0.05, 0.1) is 16.7 Å². The van der Waals surface area contributed by atoms with E-state index in [1.165, 1.54) is 77.0 Å². The van der Waals surface area contributed by atoms with E-state index >= 15 is 0 Å². The molecule has 5 aliphatic rings. The van der Waals surface area contributed by atoms with Crippen molar-refractivity contribution in [1.82, 2.24) is 9.97 Å². The molecule has 12 atom stereocenters. The minimum absolute atomic E-state index is 0.416. The van der Waals surface area contributed by atoms with Crippen LogP contribution in [-0.4, -0.2) is 28.3 Å². The van der Waals surface area contributed by atoms with Gasteiger partial charge in [-0.1, -0.05) is 151 Å². The number of rotatable bonds is 10. The molecule has 12 unspecified atom stereocenters. The van der Waals surface area contributed by atoms with E-state index in [2.05, 4.69) is 139 Å². The Balaban J connectivity index is 1.46. The van der Waals surface area contributed by atoms with Gasteiger partial charge in [0.15, 0.2) is 5.82 Å². The molecule has 1 aromatic heterocycles. The number of aryl methyl sites for hydroxylation is 1. The summed E-state index contributed by atoms with van der Waals surface area (Å²) in [6.07, 6.45) is 15.6. The van der Waals surface area contributed by atoms with E-state index in [1.807, 2.05) is 0 Å². The van der Waals surface area contributed by atoms with Gasteiger partial charge in [-0.25, -0.2) is 9.97 Å². The van der Waals surface area contributed by atoms with Crippen LogP contribution in [0.25, 0.3) is 22.3 Å². The molecule has 1 saturated heterocycles. The molecule has 0 N–H and O–H groups in total. The maximum absolute atomic E-state index is 8.75. The van der Waals surface area contributed by atoms with Crippen LogP contribution in [0, 0.1) is 102 Å². The Morgan fingerprint density at radius 1 is 0.516 bits per heavy atom. The minimum atomic E-state index is -0.444. The summed E-state index contributed by atoms with van der Waals surface area (Å²) in [5.41, 5.74) is 3.41. The lowest BCUT2D eigenvalue weighted by molar-refractivity contribution is -0.250. The first-order valence-electron chi connectivity index (χ1n) is 26.2. The molecule has 2 heterocycles. The van der Waals surface area contributed by atoms with Gasteiger partial charge in [0, 0.05) is 16.6 Å². The fourth-order valence-electron chi connectivity index (χ4n) is 15.7. The molecule has 1 aliphatic heterocycles. The third-order valence-electron chi connectivity index (χ3n) is 18.7. The Hall–Kier alpha value is -2.24. The van der Waals surface area contributed by atoms with Crippen molar-refractivity contribution in [3.8, 4) is 11.4 Å². The largest absolute Gasteiger partial charge is 0.494 e. The molecule has 0 radical (unpaired) electrons. The van der Waals surface area contributed by atoms with Crippen LogP contribution in [0.2, 0.25) is 0 Å². The zero-order chi connectivity index (χ0) is 44.2. The predicted molar refractivity (Wildman–Crippen MR) is 262 cm³/mol. The molecule has 8 rings (SSSR count). The van der Waals surface area contributed by atoms with Crippen molar-refractivity contribution in [2.24, 2.45) is 94.7 Å². The first-order valence-corrected chi connectivity index (χ1v) is 26.2. The lowest BCUT2D eigenvalue weighted by Gasteiger charge is -2.67. The van der Waals surface area contributed by atoms with E-state index in [-0.39, 0.29) is 0 Å². The summed E-state index contributed by atoms with van der Waals surface area (Å²) in [5.74, 6) is 10.1. The summed E-state index contributed by atoms with van der Waals surface area (Å²) in [7, 11) is -0.444. The highest BCUT2D eigenvalue weighted by atomic mass is 16.7. The Morgan fingerprint density at radius 3 is 1.27 bits per heavy atom. The molecule has 5 fully saturated rings. The average molecular weight is 843 g/mol. The molecule has 3 aromatic rings. The van der Waals surface area contributed by atoms with Crippen LogP contribution in [0.5, 0.6) is 0 Å². The maximum Gasteiger partial charge on any atom is 0.494 e. The van der Waals surface area contributed by atoms with Gasteiger partial charge in [0.2, 0.25) is 0 Å². The van der Waals surface area contributed by atoms with E-state index < -0.39 is 18.3 Å². The van der Waals surface area contributed by atoms with Crippen LogP contribution in [-0.2, 0) is 9.31 Å². The summed E-state index contributed by atoms with van der Waals surface area (Å²) in [4.78, 5) is 10.4.